The molecule has 1 aromatic carbocycles. The second-order valence-electron chi connectivity index (χ2n) is 3.29. The predicted molar refractivity (Wildman–Crippen MR) is 55.1 cm³/mol. The van der Waals surface area contributed by atoms with E-state index in [-0.39, 0.29) is 5.91 Å². The average molecular weight is 199 g/mol. The van der Waals surface area contributed by atoms with Gasteiger partial charge in [-0.05, 0) is 17.7 Å². The van der Waals surface area contributed by atoms with Crippen LogP contribution in [0.1, 0.15) is 24.0 Å². The molecule has 1 aromatic rings. The monoisotopic (exact) mass is 199 g/mol. The maximum atomic E-state index is 10.9. The number of carbonyl (C=O) groups excluding carboxylic acids is 1. The predicted octanol–water partition coefficient (Wildman–Crippen LogP) is 1.17. The summed E-state index contributed by atoms with van der Waals surface area (Å²) < 4.78 is 0. The Morgan fingerprint density at radius 3 is 2.93 bits per heavy atom. The maximum absolute atomic E-state index is 10.9. The highest BCUT2D eigenvalue weighted by Crippen LogP contribution is 2.11. The number of carbonyl (C=O) groups is 1. The molecule has 1 aliphatic rings. The minimum Gasteiger partial charge on any atom is -0.273 e. The van der Waals surface area contributed by atoms with Crippen LogP contribution in [0.3, 0.4) is 0 Å². The zero-order chi connectivity index (χ0) is 10.7. The van der Waals surface area contributed by atoms with Crippen molar-refractivity contribution in [2.75, 3.05) is 0 Å². The Kier molecular flexibility index (Phi) is 2.46. The molecule has 1 heterocycles. The summed E-state index contributed by atoms with van der Waals surface area (Å²) in [6.45, 7) is 0. The van der Waals surface area contributed by atoms with E-state index in [1.165, 1.54) is 0 Å². The third kappa shape index (κ3) is 2.02. The van der Waals surface area contributed by atoms with Crippen molar-refractivity contribution in [1.82, 2.24) is 5.43 Å². The van der Waals surface area contributed by atoms with Crippen LogP contribution in [0.4, 0.5) is 0 Å². The van der Waals surface area contributed by atoms with E-state index < -0.39 is 0 Å². The number of nitriles is 1. The number of nitrogens with zero attached hydrogens (tertiary/aromatic N) is 2. The second-order valence-corrected chi connectivity index (χ2v) is 3.29. The van der Waals surface area contributed by atoms with E-state index in [2.05, 4.69) is 16.6 Å². The van der Waals surface area contributed by atoms with Gasteiger partial charge in [0.25, 0.3) is 0 Å². The molecule has 0 spiro atoms. The molecule has 2 rings (SSSR count). The molecule has 0 aromatic heterocycles. The summed E-state index contributed by atoms with van der Waals surface area (Å²) in [5.41, 5.74) is 4.76. The third-order valence-corrected chi connectivity index (χ3v) is 2.23. The van der Waals surface area contributed by atoms with Crippen molar-refractivity contribution in [2.45, 2.75) is 12.8 Å². The molecular formula is C11H9N3O. The Bertz CT molecular complexity index is 471. The van der Waals surface area contributed by atoms with Crippen molar-refractivity contribution in [1.29, 1.82) is 5.26 Å². The van der Waals surface area contributed by atoms with Gasteiger partial charge in [0, 0.05) is 12.8 Å². The molecular weight excluding hydrogens is 190 g/mol. The first-order valence-corrected chi connectivity index (χ1v) is 4.65. The van der Waals surface area contributed by atoms with Gasteiger partial charge in [0.2, 0.25) is 5.91 Å². The van der Waals surface area contributed by atoms with E-state index in [0.717, 1.165) is 11.3 Å². The van der Waals surface area contributed by atoms with E-state index in [9.17, 15) is 4.79 Å². The lowest BCUT2D eigenvalue weighted by atomic mass is 10.0. The number of hydrogen-bond acceptors (Lipinski definition) is 3. The summed E-state index contributed by atoms with van der Waals surface area (Å²) in [7, 11) is 0. The standard InChI is InChI=1S/C11H9N3O/c12-7-8-2-1-3-9(6-8)10-4-5-11(15)14-13-10/h1-3,6H,4-5H2,(H,14,15). The number of hydrazone groups is 1. The largest absolute Gasteiger partial charge is 0.273 e. The fraction of sp³-hybridized carbons (Fsp3) is 0.182. The summed E-state index contributed by atoms with van der Waals surface area (Å²) in [5.74, 6) is -0.0600. The van der Waals surface area contributed by atoms with Crippen LogP contribution in [0.2, 0.25) is 0 Å². The molecule has 0 saturated carbocycles. The highest BCUT2D eigenvalue weighted by molar-refractivity contribution is 6.04. The molecule has 4 nitrogen and oxygen atoms in total. The smallest absolute Gasteiger partial charge is 0.240 e. The van der Waals surface area contributed by atoms with E-state index in [0.29, 0.717) is 18.4 Å². The number of nitrogens with one attached hydrogen (secondary N) is 1. The molecule has 1 N–H and O–H groups in total. The van der Waals surface area contributed by atoms with Crippen LogP contribution in [0.15, 0.2) is 29.4 Å². The molecule has 0 radical (unpaired) electrons. The number of benzene rings is 1. The summed E-state index contributed by atoms with van der Waals surface area (Å²) in [4.78, 5) is 10.9. The van der Waals surface area contributed by atoms with Crippen molar-refractivity contribution >= 4 is 11.6 Å². The highest BCUT2D eigenvalue weighted by atomic mass is 16.2. The fourth-order valence-corrected chi connectivity index (χ4v) is 1.45. The molecule has 0 atom stereocenters. The number of rotatable bonds is 1. The van der Waals surface area contributed by atoms with Crippen LogP contribution in [0.25, 0.3) is 0 Å². The van der Waals surface area contributed by atoms with Crippen molar-refractivity contribution in [3.63, 3.8) is 0 Å². The second kappa shape index (κ2) is 3.93. The van der Waals surface area contributed by atoms with Gasteiger partial charge in [0.15, 0.2) is 0 Å². The average Bonchev–Trinajstić information content (AvgIpc) is 2.30. The molecule has 0 aliphatic carbocycles. The van der Waals surface area contributed by atoms with Gasteiger partial charge >= 0.3 is 0 Å². The van der Waals surface area contributed by atoms with Crippen LogP contribution in [-0.2, 0) is 4.79 Å². The molecule has 0 saturated heterocycles. The molecule has 0 fully saturated rings. The van der Waals surface area contributed by atoms with E-state index in [1.807, 2.05) is 12.1 Å². The summed E-state index contributed by atoms with van der Waals surface area (Å²) in [6, 6.07) is 9.29. The lowest BCUT2D eigenvalue weighted by molar-refractivity contribution is -0.121. The number of amides is 1. The molecule has 1 aliphatic heterocycles. The van der Waals surface area contributed by atoms with Crippen molar-refractivity contribution in [3.05, 3.63) is 35.4 Å². The molecule has 0 unspecified atom stereocenters. The molecule has 4 heteroatoms. The van der Waals surface area contributed by atoms with Crippen molar-refractivity contribution in [2.24, 2.45) is 5.10 Å². The van der Waals surface area contributed by atoms with Crippen molar-refractivity contribution in [3.8, 4) is 6.07 Å². The first-order chi connectivity index (χ1) is 7.29. The Balaban J connectivity index is 2.30. The van der Waals surface area contributed by atoms with Gasteiger partial charge in [-0.15, -0.1) is 0 Å². The maximum Gasteiger partial charge on any atom is 0.240 e. The zero-order valence-electron chi connectivity index (χ0n) is 8.03. The Morgan fingerprint density at radius 1 is 1.40 bits per heavy atom. The van der Waals surface area contributed by atoms with E-state index in [4.69, 9.17) is 5.26 Å². The van der Waals surface area contributed by atoms with Gasteiger partial charge < -0.3 is 0 Å². The van der Waals surface area contributed by atoms with Gasteiger partial charge in [-0.1, -0.05) is 12.1 Å². The molecule has 0 bridgehead atoms. The minimum absolute atomic E-state index is 0.0600. The number of hydrogen-bond donors (Lipinski definition) is 1. The topological polar surface area (TPSA) is 65.2 Å². The van der Waals surface area contributed by atoms with E-state index >= 15 is 0 Å². The lowest BCUT2D eigenvalue weighted by Gasteiger charge is -2.11. The molecule has 15 heavy (non-hydrogen) atoms. The van der Waals surface area contributed by atoms with Crippen LogP contribution < -0.4 is 5.43 Å². The van der Waals surface area contributed by atoms with Gasteiger partial charge in [0.1, 0.15) is 0 Å². The highest BCUT2D eigenvalue weighted by Gasteiger charge is 2.13. The molecule has 1 amide bonds. The normalized spacial score (nSPS) is 15.1. The van der Waals surface area contributed by atoms with E-state index in [1.54, 1.807) is 12.1 Å². The van der Waals surface area contributed by atoms with Crippen LogP contribution >= 0.6 is 0 Å². The first-order valence-electron chi connectivity index (χ1n) is 4.65. The Labute approximate surface area is 87.2 Å². The Hall–Kier alpha value is -2.15. The third-order valence-electron chi connectivity index (χ3n) is 2.23. The van der Waals surface area contributed by atoms with Crippen LogP contribution in [-0.4, -0.2) is 11.6 Å². The Morgan fingerprint density at radius 2 is 2.27 bits per heavy atom. The summed E-state index contributed by atoms with van der Waals surface area (Å²) in [6.07, 6.45) is 1.08. The zero-order valence-corrected chi connectivity index (χ0v) is 8.03. The quantitative estimate of drug-likeness (QED) is 0.737. The molecule has 74 valence electrons. The van der Waals surface area contributed by atoms with Gasteiger partial charge in [-0.3, -0.25) is 4.79 Å². The summed E-state index contributed by atoms with van der Waals surface area (Å²) >= 11 is 0. The van der Waals surface area contributed by atoms with Gasteiger partial charge in [0.05, 0.1) is 17.3 Å². The van der Waals surface area contributed by atoms with Crippen LogP contribution in [0, 0.1) is 11.3 Å². The van der Waals surface area contributed by atoms with Gasteiger partial charge in [-0.25, -0.2) is 5.43 Å². The van der Waals surface area contributed by atoms with Crippen molar-refractivity contribution < 1.29 is 4.79 Å². The summed E-state index contributed by atoms with van der Waals surface area (Å²) in [5, 5.41) is 12.7. The van der Waals surface area contributed by atoms with Gasteiger partial charge in [-0.2, -0.15) is 10.4 Å². The lowest BCUT2D eigenvalue weighted by Crippen LogP contribution is -2.25. The van der Waals surface area contributed by atoms with Crippen LogP contribution in [0.5, 0.6) is 0 Å². The SMILES string of the molecule is N#Cc1cccc(C2=NNC(=O)CC2)c1. The first kappa shape index (κ1) is 9.41. The fourth-order valence-electron chi connectivity index (χ4n) is 1.45. The minimum atomic E-state index is -0.0600.